The molecule has 92 valence electrons. The summed E-state index contributed by atoms with van der Waals surface area (Å²) in [5, 5.41) is 0. The number of halogens is 2. The Labute approximate surface area is 112 Å². The first kappa shape index (κ1) is 12.9. The van der Waals surface area contributed by atoms with Crippen molar-refractivity contribution < 1.29 is 4.79 Å². The van der Waals surface area contributed by atoms with Crippen molar-refractivity contribution in [3.05, 3.63) is 34.9 Å². The van der Waals surface area contributed by atoms with Gasteiger partial charge in [-0.15, -0.1) is 0 Å². The van der Waals surface area contributed by atoms with Gasteiger partial charge in [0.25, 0.3) is 0 Å². The number of benzene rings is 1. The molecule has 1 aromatic carbocycles. The SMILES string of the molecule is CC(=O)[C@@H]1C(Cl)(Cl)[C@@]1(C)c1cc(C)cc(C)c1. The third-order valence-corrected chi connectivity index (χ3v) is 5.00. The van der Waals surface area contributed by atoms with Crippen LogP contribution in [0.25, 0.3) is 0 Å². The Morgan fingerprint density at radius 2 is 1.65 bits per heavy atom. The minimum Gasteiger partial charge on any atom is -0.300 e. The lowest BCUT2D eigenvalue weighted by Gasteiger charge is -2.14. The smallest absolute Gasteiger partial charge is 0.139 e. The minimum absolute atomic E-state index is 0.0525. The van der Waals surface area contributed by atoms with Crippen LogP contribution in [0.3, 0.4) is 0 Å². The maximum absolute atomic E-state index is 11.6. The van der Waals surface area contributed by atoms with Gasteiger partial charge in [0.2, 0.25) is 0 Å². The predicted molar refractivity (Wildman–Crippen MR) is 71.9 cm³/mol. The van der Waals surface area contributed by atoms with Crippen molar-refractivity contribution in [2.45, 2.75) is 37.4 Å². The zero-order valence-electron chi connectivity index (χ0n) is 10.5. The summed E-state index contributed by atoms with van der Waals surface area (Å²) in [6.07, 6.45) is 0. The molecule has 2 atom stereocenters. The second-order valence-electron chi connectivity index (χ2n) is 5.25. The molecular formula is C14H16Cl2O. The molecule has 0 aliphatic heterocycles. The van der Waals surface area contributed by atoms with Crippen molar-refractivity contribution in [1.82, 2.24) is 0 Å². The molecule has 1 saturated carbocycles. The van der Waals surface area contributed by atoms with Crippen molar-refractivity contribution >= 4 is 29.0 Å². The van der Waals surface area contributed by atoms with E-state index in [1.807, 2.05) is 20.8 Å². The second-order valence-corrected chi connectivity index (χ2v) is 6.63. The quantitative estimate of drug-likeness (QED) is 0.744. The van der Waals surface area contributed by atoms with Gasteiger partial charge in [0.15, 0.2) is 0 Å². The predicted octanol–water partition coefficient (Wildman–Crippen LogP) is 3.95. The first-order chi connectivity index (χ1) is 7.71. The minimum atomic E-state index is -0.973. The standard InChI is InChI=1S/C14H16Cl2O/c1-8-5-9(2)7-11(6-8)13(4)12(10(3)17)14(13,15)16/h5-7,12H,1-4H3/t12-,13-/m0/s1. The fraction of sp³-hybridized carbons (Fsp3) is 0.500. The summed E-state index contributed by atoms with van der Waals surface area (Å²) >= 11 is 12.6. The summed E-state index contributed by atoms with van der Waals surface area (Å²) in [6, 6.07) is 6.23. The number of hydrogen-bond donors (Lipinski definition) is 0. The fourth-order valence-corrected chi connectivity index (χ4v) is 3.90. The Bertz CT molecular complexity index is 473. The van der Waals surface area contributed by atoms with Crippen molar-refractivity contribution in [2.75, 3.05) is 0 Å². The lowest BCUT2D eigenvalue weighted by Crippen LogP contribution is -2.12. The summed E-state index contributed by atoms with van der Waals surface area (Å²) in [7, 11) is 0. The summed E-state index contributed by atoms with van der Waals surface area (Å²) in [5.41, 5.74) is 2.93. The molecule has 0 radical (unpaired) electrons. The Morgan fingerprint density at radius 1 is 1.18 bits per heavy atom. The van der Waals surface area contributed by atoms with Crippen molar-refractivity contribution in [1.29, 1.82) is 0 Å². The summed E-state index contributed by atoms with van der Waals surface area (Å²) in [4.78, 5) is 11.6. The van der Waals surface area contributed by atoms with Crippen LogP contribution in [0.1, 0.15) is 30.5 Å². The van der Waals surface area contributed by atoms with Gasteiger partial charge in [0.1, 0.15) is 10.1 Å². The molecule has 0 spiro atoms. The zero-order valence-corrected chi connectivity index (χ0v) is 12.0. The average Bonchev–Trinajstić information content (AvgIpc) is 2.60. The zero-order chi connectivity index (χ0) is 13.0. The van der Waals surface area contributed by atoms with Crippen LogP contribution in [0.4, 0.5) is 0 Å². The Hall–Kier alpha value is -0.530. The molecule has 0 heterocycles. The van der Waals surface area contributed by atoms with Gasteiger partial charge in [-0.05, 0) is 26.3 Å². The molecule has 0 unspecified atom stereocenters. The molecule has 3 heteroatoms. The van der Waals surface area contributed by atoms with Crippen LogP contribution in [0.15, 0.2) is 18.2 Å². The van der Waals surface area contributed by atoms with Crippen LogP contribution >= 0.6 is 23.2 Å². The second kappa shape index (κ2) is 3.73. The third-order valence-electron chi connectivity index (χ3n) is 3.78. The van der Waals surface area contributed by atoms with Crippen LogP contribution < -0.4 is 0 Å². The molecule has 0 N–H and O–H groups in total. The number of rotatable bonds is 2. The van der Waals surface area contributed by atoms with Gasteiger partial charge in [0, 0.05) is 5.41 Å². The maximum atomic E-state index is 11.6. The molecule has 0 bridgehead atoms. The number of aryl methyl sites for hydroxylation is 2. The molecule has 0 aromatic heterocycles. The van der Waals surface area contributed by atoms with E-state index < -0.39 is 9.75 Å². The monoisotopic (exact) mass is 270 g/mol. The first-order valence-corrected chi connectivity index (χ1v) is 6.44. The van der Waals surface area contributed by atoms with E-state index in [0.717, 1.165) is 5.56 Å². The van der Waals surface area contributed by atoms with Gasteiger partial charge in [-0.2, -0.15) is 0 Å². The highest BCUT2D eigenvalue weighted by atomic mass is 35.5. The fourth-order valence-electron chi connectivity index (χ4n) is 2.83. The molecular weight excluding hydrogens is 255 g/mol. The molecule has 2 rings (SSSR count). The van der Waals surface area contributed by atoms with Crippen LogP contribution in [0.2, 0.25) is 0 Å². The summed E-state index contributed by atoms with van der Waals surface area (Å²) < 4.78 is -0.973. The van der Waals surface area contributed by atoms with E-state index in [0.29, 0.717) is 0 Å². The van der Waals surface area contributed by atoms with Crippen molar-refractivity contribution in [3.63, 3.8) is 0 Å². The number of carbonyl (C=O) groups is 1. The molecule has 1 aliphatic carbocycles. The highest BCUT2D eigenvalue weighted by molar-refractivity contribution is 6.54. The molecule has 17 heavy (non-hydrogen) atoms. The van der Waals surface area contributed by atoms with Crippen molar-refractivity contribution in [2.24, 2.45) is 5.92 Å². The highest BCUT2D eigenvalue weighted by Gasteiger charge is 2.75. The topological polar surface area (TPSA) is 17.1 Å². The average molecular weight is 271 g/mol. The number of hydrogen-bond acceptors (Lipinski definition) is 1. The normalized spacial score (nSPS) is 30.1. The van der Waals surface area contributed by atoms with E-state index in [2.05, 4.69) is 18.2 Å². The largest absolute Gasteiger partial charge is 0.300 e. The summed E-state index contributed by atoms with van der Waals surface area (Å²) in [5.74, 6) is -0.254. The molecule has 0 amide bonds. The molecule has 0 saturated heterocycles. The summed E-state index contributed by atoms with van der Waals surface area (Å²) in [6.45, 7) is 7.59. The maximum Gasteiger partial charge on any atom is 0.139 e. The number of ketones is 1. The van der Waals surface area contributed by atoms with Gasteiger partial charge >= 0.3 is 0 Å². The van der Waals surface area contributed by atoms with Crippen LogP contribution in [0.5, 0.6) is 0 Å². The van der Waals surface area contributed by atoms with Crippen LogP contribution in [0, 0.1) is 19.8 Å². The van der Waals surface area contributed by atoms with Crippen LogP contribution in [-0.2, 0) is 10.2 Å². The Balaban J connectivity index is 2.51. The molecule has 1 fully saturated rings. The molecule has 1 aromatic rings. The van der Waals surface area contributed by atoms with E-state index in [4.69, 9.17) is 23.2 Å². The van der Waals surface area contributed by atoms with Gasteiger partial charge in [-0.25, -0.2) is 0 Å². The first-order valence-electron chi connectivity index (χ1n) is 5.68. The highest BCUT2D eigenvalue weighted by Crippen LogP contribution is 2.69. The number of alkyl halides is 2. The van der Waals surface area contributed by atoms with Gasteiger partial charge < -0.3 is 0 Å². The molecule has 1 nitrogen and oxygen atoms in total. The Morgan fingerprint density at radius 3 is 2.00 bits per heavy atom. The Kier molecular flexibility index (Phi) is 2.83. The lowest BCUT2D eigenvalue weighted by atomic mass is 9.91. The van der Waals surface area contributed by atoms with Crippen molar-refractivity contribution in [3.8, 4) is 0 Å². The van der Waals surface area contributed by atoms with E-state index in [1.165, 1.54) is 11.1 Å². The van der Waals surface area contributed by atoms with Gasteiger partial charge in [-0.3, -0.25) is 4.79 Å². The van der Waals surface area contributed by atoms with Gasteiger partial charge in [-0.1, -0.05) is 59.5 Å². The number of Topliss-reactive ketones (excluding diaryl/α,β-unsaturated/α-hetero) is 1. The molecule has 1 aliphatic rings. The number of carbonyl (C=O) groups excluding carboxylic acids is 1. The van der Waals surface area contributed by atoms with E-state index >= 15 is 0 Å². The third kappa shape index (κ3) is 1.71. The van der Waals surface area contributed by atoms with Crippen LogP contribution in [-0.4, -0.2) is 10.1 Å². The van der Waals surface area contributed by atoms with E-state index in [-0.39, 0.29) is 11.7 Å². The van der Waals surface area contributed by atoms with E-state index in [9.17, 15) is 4.79 Å². The lowest BCUT2D eigenvalue weighted by molar-refractivity contribution is -0.118. The van der Waals surface area contributed by atoms with Gasteiger partial charge in [0.05, 0.1) is 5.92 Å². The van der Waals surface area contributed by atoms with E-state index in [1.54, 1.807) is 6.92 Å².